The van der Waals surface area contributed by atoms with E-state index in [1.165, 1.54) is 5.56 Å². The minimum atomic E-state index is -0.0532. The van der Waals surface area contributed by atoms with Crippen LogP contribution in [0.1, 0.15) is 34.5 Å². The molecule has 3 heterocycles. The number of benzene rings is 1. The van der Waals surface area contributed by atoms with Gasteiger partial charge in [0.05, 0.1) is 6.42 Å². The number of pyridine rings is 1. The van der Waals surface area contributed by atoms with Gasteiger partial charge >= 0.3 is 0 Å². The van der Waals surface area contributed by atoms with Crippen LogP contribution < -0.4 is 0 Å². The number of nitrogens with zero attached hydrogens (tertiary/aromatic N) is 3. The fraction of sp³-hybridized carbons (Fsp3) is 0.346. The Bertz CT molecular complexity index is 1000. The second kappa shape index (κ2) is 10.6. The Morgan fingerprint density at radius 2 is 1.81 bits per heavy atom. The number of likely N-dealkylation sites (tertiary alicyclic amines) is 1. The molecule has 0 aliphatic carbocycles. The lowest BCUT2D eigenvalue weighted by molar-refractivity contribution is -0.132. The van der Waals surface area contributed by atoms with Crippen LogP contribution in [0.5, 0.6) is 0 Å². The summed E-state index contributed by atoms with van der Waals surface area (Å²) in [7, 11) is 1.89. The first-order chi connectivity index (χ1) is 15.6. The molecule has 166 valence electrons. The number of hydrogen-bond acceptors (Lipinski definition) is 4. The number of amides is 2. The van der Waals surface area contributed by atoms with Gasteiger partial charge in [0.2, 0.25) is 5.91 Å². The van der Waals surface area contributed by atoms with Crippen molar-refractivity contribution in [1.82, 2.24) is 14.8 Å². The summed E-state index contributed by atoms with van der Waals surface area (Å²) in [5.41, 5.74) is 2.77. The topological polar surface area (TPSA) is 53.5 Å². The highest BCUT2D eigenvalue weighted by Gasteiger charge is 2.33. The van der Waals surface area contributed by atoms with E-state index in [9.17, 15) is 9.59 Å². The van der Waals surface area contributed by atoms with Crippen LogP contribution in [0, 0.1) is 5.92 Å². The highest BCUT2D eigenvalue weighted by atomic mass is 32.1. The second-order valence-electron chi connectivity index (χ2n) is 8.41. The maximum Gasteiger partial charge on any atom is 0.272 e. The van der Waals surface area contributed by atoms with Gasteiger partial charge < -0.3 is 9.80 Å². The molecule has 2 aromatic heterocycles. The largest absolute Gasteiger partial charge is 0.342 e. The Morgan fingerprint density at radius 1 is 1.06 bits per heavy atom. The second-order valence-corrected chi connectivity index (χ2v) is 9.19. The van der Waals surface area contributed by atoms with Gasteiger partial charge in [-0.25, -0.2) is 0 Å². The number of aromatic nitrogens is 1. The van der Waals surface area contributed by atoms with Crippen LogP contribution in [-0.4, -0.2) is 52.8 Å². The van der Waals surface area contributed by atoms with Crippen molar-refractivity contribution < 1.29 is 9.59 Å². The molecule has 5 nitrogen and oxygen atoms in total. The number of hydrogen-bond donors (Lipinski definition) is 0. The summed E-state index contributed by atoms with van der Waals surface area (Å²) >= 11 is 1.62. The molecule has 0 saturated carbocycles. The molecule has 1 aliphatic heterocycles. The van der Waals surface area contributed by atoms with Gasteiger partial charge in [-0.3, -0.25) is 14.6 Å². The molecule has 0 bridgehead atoms. The van der Waals surface area contributed by atoms with Crippen molar-refractivity contribution in [1.29, 1.82) is 0 Å². The Morgan fingerprint density at radius 3 is 2.47 bits per heavy atom. The molecule has 1 saturated heterocycles. The molecule has 1 unspecified atom stereocenters. The molecule has 3 aromatic rings. The highest BCUT2D eigenvalue weighted by molar-refractivity contribution is 7.08. The fourth-order valence-electron chi connectivity index (χ4n) is 4.51. The van der Waals surface area contributed by atoms with Crippen molar-refractivity contribution in [3.63, 3.8) is 0 Å². The van der Waals surface area contributed by atoms with E-state index in [2.05, 4.69) is 17.1 Å². The summed E-state index contributed by atoms with van der Waals surface area (Å²) in [5, 5.41) is 4.05. The zero-order chi connectivity index (χ0) is 22.3. The van der Waals surface area contributed by atoms with Crippen molar-refractivity contribution in [3.05, 3.63) is 88.4 Å². The van der Waals surface area contributed by atoms with E-state index in [1.54, 1.807) is 23.6 Å². The van der Waals surface area contributed by atoms with E-state index in [-0.39, 0.29) is 17.9 Å². The zero-order valence-corrected chi connectivity index (χ0v) is 19.2. The molecular formula is C26H29N3O2S. The molecule has 6 heteroatoms. The van der Waals surface area contributed by atoms with Crippen LogP contribution in [-0.2, 0) is 17.6 Å². The van der Waals surface area contributed by atoms with E-state index >= 15 is 0 Å². The number of carbonyl (C=O) groups excluding carboxylic acids is 2. The standard InChI is InChI=1S/C26H29N3O2S/c1-28(26(31)23-9-5-6-13-27-23)24(17-20-7-3-2-4-8-20)22-10-14-29(15-11-22)25(30)18-21-12-16-32-19-21/h2-9,12-13,16,19,22,24H,10-11,14-15,17-18H2,1H3. The van der Waals surface area contributed by atoms with Crippen molar-refractivity contribution in [2.75, 3.05) is 20.1 Å². The maximum atomic E-state index is 13.2. The SMILES string of the molecule is CN(C(=O)c1ccccn1)C(Cc1ccccc1)C1CCN(C(=O)Cc2ccsc2)CC1. The van der Waals surface area contributed by atoms with Crippen molar-refractivity contribution in [2.24, 2.45) is 5.92 Å². The molecule has 2 amide bonds. The van der Waals surface area contributed by atoms with Gasteiger partial charge in [0.1, 0.15) is 5.69 Å². The first kappa shape index (κ1) is 22.2. The lowest BCUT2D eigenvalue weighted by Crippen LogP contribution is -2.48. The molecule has 1 atom stereocenters. The Balaban J connectivity index is 1.45. The van der Waals surface area contributed by atoms with E-state index in [4.69, 9.17) is 0 Å². The third-order valence-electron chi connectivity index (χ3n) is 6.36. The van der Waals surface area contributed by atoms with Gasteiger partial charge in [0.15, 0.2) is 0 Å². The van der Waals surface area contributed by atoms with Gasteiger partial charge in [0, 0.05) is 32.4 Å². The molecule has 1 aliphatic rings. The number of thiophene rings is 1. The molecule has 0 spiro atoms. The van der Waals surface area contributed by atoms with Crippen LogP contribution in [0.2, 0.25) is 0 Å². The fourth-order valence-corrected chi connectivity index (χ4v) is 5.18. The van der Waals surface area contributed by atoms with E-state index in [0.717, 1.165) is 37.9 Å². The van der Waals surface area contributed by atoms with Crippen molar-refractivity contribution >= 4 is 23.2 Å². The number of carbonyl (C=O) groups is 2. The monoisotopic (exact) mass is 447 g/mol. The summed E-state index contributed by atoms with van der Waals surface area (Å²) in [4.78, 5) is 34.0. The summed E-state index contributed by atoms with van der Waals surface area (Å²) in [6.45, 7) is 1.48. The Hall–Kier alpha value is -2.99. The van der Waals surface area contributed by atoms with Gasteiger partial charge in [-0.1, -0.05) is 36.4 Å². The van der Waals surface area contributed by atoms with E-state index in [1.807, 2.05) is 64.0 Å². The summed E-state index contributed by atoms with van der Waals surface area (Å²) in [5.74, 6) is 0.472. The number of piperidine rings is 1. The van der Waals surface area contributed by atoms with Crippen LogP contribution in [0.25, 0.3) is 0 Å². The predicted molar refractivity (Wildman–Crippen MR) is 128 cm³/mol. The summed E-state index contributed by atoms with van der Waals surface area (Å²) in [6, 6.07) is 17.8. The van der Waals surface area contributed by atoms with Gasteiger partial charge in [-0.15, -0.1) is 0 Å². The minimum absolute atomic E-state index is 0.0532. The number of likely N-dealkylation sites (N-methyl/N-ethyl adjacent to an activating group) is 1. The molecule has 1 aromatic carbocycles. The van der Waals surface area contributed by atoms with Crippen LogP contribution in [0.4, 0.5) is 0 Å². The molecule has 1 fully saturated rings. The lowest BCUT2D eigenvalue weighted by atomic mass is 9.84. The first-order valence-electron chi connectivity index (χ1n) is 11.1. The van der Waals surface area contributed by atoms with E-state index in [0.29, 0.717) is 18.0 Å². The summed E-state index contributed by atoms with van der Waals surface area (Å²) < 4.78 is 0. The van der Waals surface area contributed by atoms with Crippen molar-refractivity contribution in [2.45, 2.75) is 31.7 Å². The van der Waals surface area contributed by atoms with Crippen LogP contribution in [0.3, 0.4) is 0 Å². The predicted octanol–water partition coefficient (Wildman–Crippen LogP) is 4.31. The smallest absolute Gasteiger partial charge is 0.272 e. The third kappa shape index (κ3) is 5.43. The third-order valence-corrected chi connectivity index (χ3v) is 7.09. The number of rotatable bonds is 7. The Labute approximate surface area is 193 Å². The minimum Gasteiger partial charge on any atom is -0.342 e. The van der Waals surface area contributed by atoms with E-state index < -0.39 is 0 Å². The highest BCUT2D eigenvalue weighted by Crippen LogP contribution is 2.27. The zero-order valence-electron chi connectivity index (χ0n) is 18.4. The van der Waals surface area contributed by atoms with Gasteiger partial charge in [-0.2, -0.15) is 11.3 Å². The quantitative estimate of drug-likeness (QED) is 0.542. The average Bonchev–Trinajstić information content (AvgIpc) is 3.36. The van der Waals surface area contributed by atoms with Crippen LogP contribution >= 0.6 is 11.3 Å². The first-order valence-corrected chi connectivity index (χ1v) is 12.1. The molecule has 0 N–H and O–H groups in total. The molecule has 4 rings (SSSR count). The lowest BCUT2D eigenvalue weighted by Gasteiger charge is -2.40. The van der Waals surface area contributed by atoms with Crippen LogP contribution in [0.15, 0.2) is 71.6 Å². The van der Waals surface area contributed by atoms with Gasteiger partial charge in [0.25, 0.3) is 5.91 Å². The molecule has 32 heavy (non-hydrogen) atoms. The molecular weight excluding hydrogens is 418 g/mol. The Kier molecular flexibility index (Phi) is 7.32. The maximum absolute atomic E-state index is 13.2. The normalized spacial score (nSPS) is 15.3. The van der Waals surface area contributed by atoms with Gasteiger partial charge in [-0.05, 0) is 65.3 Å². The van der Waals surface area contributed by atoms with Crippen molar-refractivity contribution in [3.8, 4) is 0 Å². The summed E-state index contributed by atoms with van der Waals surface area (Å²) in [6.07, 6.45) is 4.72. The average molecular weight is 448 g/mol. The molecule has 0 radical (unpaired) electrons.